The predicted molar refractivity (Wildman–Crippen MR) is 234 cm³/mol. The number of imide groups is 1. The number of aromatic nitrogens is 5. The van der Waals surface area contributed by atoms with Gasteiger partial charge in [-0.3, -0.25) is 24.4 Å². The number of carbonyl (C=O) groups excluding carboxylic acids is 2. The summed E-state index contributed by atoms with van der Waals surface area (Å²) in [6.07, 6.45) is 6.89. The molecule has 14 nitrogen and oxygen atoms in total. The van der Waals surface area contributed by atoms with Crippen LogP contribution in [0.3, 0.4) is 0 Å². The Kier molecular flexibility index (Phi) is 10.4. The highest BCUT2D eigenvalue weighted by Gasteiger charge is 2.51. The van der Waals surface area contributed by atoms with Crippen molar-refractivity contribution in [3.63, 3.8) is 0 Å². The van der Waals surface area contributed by atoms with E-state index in [0.717, 1.165) is 68.6 Å². The molecule has 2 aromatic carbocycles. The highest BCUT2D eigenvalue weighted by molar-refractivity contribution is 6.33. The summed E-state index contributed by atoms with van der Waals surface area (Å²) in [4.78, 5) is 52.1. The highest BCUT2D eigenvalue weighted by atomic mass is 35.5. The second-order valence-corrected chi connectivity index (χ2v) is 18.5. The number of fused-ring (bicyclic) bond motifs is 4. The Balaban J connectivity index is 0.791. The summed E-state index contributed by atoms with van der Waals surface area (Å²) < 4.78 is 39.2. The first-order valence-electron chi connectivity index (χ1n) is 21.8. The molecule has 10 rings (SSSR count). The van der Waals surface area contributed by atoms with Gasteiger partial charge in [-0.25, -0.2) is 13.8 Å². The maximum Gasteiger partial charge on any atom is 0.301 e. The molecule has 5 aromatic rings. The molecular weight excluding hydrogens is 818 g/mol. The van der Waals surface area contributed by atoms with Gasteiger partial charge >= 0.3 is 5.92 Å². The number of ether oxygens (including phenoxy) is 1. The Labute approximate surface area is 362 Å². The highest BCUT2D eigenvalue weighted by Crippen LogP contribution is 2.46. The topological polar surface area (TPSA) is 152 Å². The number of aryl methyl sites for hydroxylation is 2. The third-order valence-corrected chi connectivity index (χ3v) is 14.3. The summed E-state index contributed by atoms with van der Waals surface area (Å²) in [5.74, 6) is -2.02. The second-order valence-electron chi connectivity index (χ2n) is 18.1. The van der Waals surface area contributed by atoms with Crippen molar-refractivity contribution in [1.82, 2.24) is 34.5 Å². The molecule has 17 heteroatoms. The summed E-state index contributed by atoms with van der Waals surface area (Å²) in [7, 11) is 3.56. The maximum atomic E-state index is 15.2. The lowest BCUT2D eigenvalue weighted by molar-refractivity contribution is -0.134. The first-order valence-corrected chi connectivity index (χ1v) is 22.2. The molecule has 2 unspecified atom stereocenters. The number of rotatable bonds is 8. The fraction of sp³-hybridized carbons (Fsp3) is 0.511. The number of amides is 2. The molecule has 1 saturated carbocycles. The van der Waals surface area contributed by atoms with Crippen molar-refractivity contribution >= 4 is 68.4 Å². The zero-order chi connectivity index (χ0) is 43.0. The molecule has 0 bridgehead atoms. The Hall–Kier alpha value is -5.35. The molecule has 4 atom stereocenters. The van der Waals surface area contributed by atoms with Gasteiger partial charge in [0.05, 0.1) is 40.6 Å². The molecule has 4 aliphatic heterocycles. The van der Waals surface area contributed by atoms with Crippen LogP contribution in [0.1, 0.15) is 75.0 Å². The van der Waals surface area contributed by atoms with Crippen molar-refractivity contribution in [3.05, 3.63) is 69.2 Å². The van der Waals surface area contributed by atoms with Gasteiger partial charge in [-0.2, -0.15) is 10.1 Å². The van der Waals surface area contributed by atoms with Crippen molar-refractivity contribution in [1.29, 1.82) is 0 Å². The number of piperidine rings is 3. The van der Waals surface area contributed by atoms with E-state index < -0.39 is 30.0 Å². The largest absolute Gasteiger partial charge is 0.480 e. The number of carbonyl (C=O) groups is 2. The fourth-order valence-electron chi connectivity index (χ4n) is 10.4. The molecule has 62 heavy (non-hydrogen) atoms. The van der Waals surface area contributed by atoms with Gasteiger partial charge in [0.15, 0.2) is 12.4 Å². The molecule has 2 amide bonds. The van der Waals surface area contributed by atoms with E-state index in [1.807, 2.05) is 23.9 Å². The van der Waals surface area contributed by atoms with Crippen LogP contribution in [-0.4, -0.2) is 92.3 Å². The van der Waals surface area contributed by atoms with E-state index in [0.29, 0.717) is 76.8 Å². The van der Waals surface area contributed by atoms with E-state index in [4.69, 9.17) is 26.4 Å². The normalized spacial score (nSPS) is 24.6. The van der Waals surface area contributed by atoms with Gasteiger partial charge in [-0.1, -0.05) is 36.7 Å². The zero-order valence-corrected chi connectivity index (χ0v) is 35.9. The van der Waals surface area contributed by atoms with Crippen LogP contribution in [-0.2, 0) is 23.7 Å². The van der Waals surface area contributed by atoms with Gasteiger partial charge in [0.25, 0.3) is 5.56 Å². The van der Waals surface area contributed by atoms with Crippen molar-refractivity contribution < 1.29 is 23.1 Å². The number of hydrogen-bond acceptors (Lipinski definition) is 11. The van der Waals surface area contributed by atoms with Crippen molar-refractivity contribution in [3.8, 4) is 5.75 Å². The third-order valence-electron chi connectivity index (χ3n) is 14.0. The first-order chi connectivity index (χ1) is 29.8. The number of halogens is 3. The Morgan fingerprint density at radius 2 is 1.81 bits per heavy atom. The van der Waals surface area contributed by atoms with Gasteiger partial charge in [-0.15, -0.1) is 0 Å². The van der Waals surface area contributed by atoms with E-state index in [2.05, 4.69) is 55.9 Å². The van der Waals surface area contributed by atoms with Crippen LogP contribution in [0.15, 0.2) is 47.4 Å². The smallest absolute Gasteiger partial charge is 0.301 e. The Bertz CT molecular complexity index is 2660. The van der Waals surface area contributed by atoms with Crippen LogP contribution in [0.2, 0.25) is 5.02 Å². The molecule has 0 radical (unpaired) electrons. The number of alkyl halides is 2. The van der Waals surface area contributed by atoms with E-state index >= 15 is 8.78 Å². The second kappa shape index (κ2) is 15.8. The number of nitrogens with zero attached hydrogens (tertiary/aromatic N) is 7. The minimum absolute atomic E-state index is 0.105. The number of hydrogen-bond donors (Lipinski definition) is 3. The zero-order valence-electron chi connectivity index (χ0n) is 35.1. The monoisotopic (exact) mass is 868 g/mol. The number of benzene rings is 2. The summed E-state index contributed by atoms with van der Waals surface area (Å²) in [6.45, 7) is 6.09. The third kappa shape index (κ3) is 7.41. The maximum absolute atomic E-state index is 15.2. The number of likely N-dealkylation sites (tertiary alicyclic amines) is 1. The van der Waals surface area contributed by atoms with Crippen molar-refractivity contribution in [2.75, 3.05) is 54.9 Å². The van der Waals surface area contributed by atoms with E-state index in [1.54, 1.807) is 19.3 Å². The van der Waals surface area contributed by atoms with Crippen LogP contribution < -0.4 is 31.1 Å². The first kappa shape index (κ1) is 40.7. The predicted octanol–water partition coefficient (Wildman–Crippen LogP) is 6.69. The van der Waals surface area contributed by atoms with Gasteiger partial charge in [0.1, 0.15) is 5.02 Å². The average molecular weight is 869 g/mol. The van der Waals surface area contributed by atoms with Gasteiger partial charge in [0.2, 0.25) is 23.5 Å². The SMILES string of the molecule is C[C@@H]1CN(c2ncc(Cl)c(Nc3ccc4c(c3)c3c(c(=O)n4C)OCC(F)(F)[C@H](C4CC4)N3)n2)CCC1CN1CCC(c2cccc3c(C4CCC(=O)NC4=O)nn(C)c23)CC1. The number of anilines is 4. The molecule has 7 heterocycles. The fourth-order valence-corrected chi connectivity index (χ4v) is 10.5. The molecular formula is C45H51ClF2N10O4. The van der Waals surface area contributed by atoms with E-state index in [9.17, 15) is 14.4 Å². The summed E-state index contributed by atoms with van der Waals surface area (Å²) in [5.41, 5.74) is 4.12. The summed E-state index contributed by atoms with van der Waals surface area (Å²) >= 11 is 6.67. The lowest BCUT2D eigenvalue weighted by Gasteiger charge is -2.41. The molecule has 0 spiro atoms. The van der Waals surface area contributed by atoms with Crippen LogP contribution in [0.5, 0.6) is 5.75 Å². The molecule has 3 saturated heterocycles. The number of para-hydroxylation sites is 1. The Morgan fingerprint density at radius 3 is 2.56 bits per heavy atom. The van der Waals surface area contributed by atoms with Crippen LogP contribution in [0.25, 0.3) is 21.8 Å². The minimum Gasteiger partial charge on any atom is -0.480 e. The van der Waals surface area contributed by atoms with Crippen LogP contribution >= 0.6 is 11.6 Å². The summed E-state index contributed by atoms with van der Waals surface area (Å²) in [6, 6.07) is 10.6. The molecule has 1 aliphatic carbocycles. The molecule has 326 valence electrons. The van der Waals surface area contributed by atoms with Gasteiger partial charge in [-0.05, 0) is 99.0 Å². The minimum atomic E-state index is -3.13. The summed E-state index contributed by atoms with van der Waals surface area (Å²) in [5, 5.41) is 15.6. The van der Waals surface area contributed by atoms with Crippen LogP contribution in [0.4, 0.5) is 31.9 Å². The van der Waals surface area contributed by atoms with E-state index in [-0.39, 0.29) is 29.2 Å². The van der Waals surface area contributed by atoms with Gasteiger partial charge in [0, 0.05) is 56.6 Å². The quantitative estimate of drug-likeness (QED) is 0.143. The number of pyridine rings is 1. The lowest BCUT2D eigenvalue weighted by Crippen LogP contribution is -2.45. The van der Waals surface area contributed by atoms with Gasteiger partial charge < -0.3 is 29.7 Å². The molecule has 3 N–H and O–H groups in total. The van der Waals surface area contributed by atoms with Crippen LogP contribution in [0, 0.1) is 17.8 Å². The lowest BCUT2D eigenvalue weighted by atomic mass is 9.84. The Morgan fingerprint density at radius 1 is 1.00 bits per heavy atom. The van der Waals surface area contributed by atoms with Crippen molar-refractivity contribution in [2.24, 2.45) is 31.8 Å². The molecule has 3 aromatic heterocycles. The number of nitrogens with one attached hydrogen (secondary N) is 3. The van der Waals surface area contributed by atoms with Crippen molar-refractivity contribution in [2.45, 2.75) is 75.7 Å². The standard InChI is InChI=1S/C45H51ClF2N10O4/c1-24-21-58(18-15-27(24)22-57-16-13-25(14-17-57)29-5-4-6-30-36(54-56(3)38(29)30)31-10-12-35(59)51-42(31)60)44-49-20-33(46)41(53-44)50-28-9-11-34-32(19-28)37-39(43(61)55(34)2)62-23-45(47,48)40(52-37)26-7-8-26/h4-6,9,11,19-20,24-27,31,40,52H,7-8,10,12-18,21-23H2,1-3H3,(H,49,50,53)(H,51,59,60)/t24-,27?,31?,40+/m1/s1. The van der Waals surface area contributed by atoms with E-state index in [1.165, 1.54) is 10.1 Å². The molecule has 4 fully saturated rings. The average Bonchev–Trinajstić information content (AvgIpc) is 4.06. The molecule has 5 aliphatic rings.